The average Bonchev–Trinajstić information content (AvgIpc) is 2.80. The molecular weight excluding hydrogens is 673 g/mol. The van der Waals surface area contributed by atoms with Crippen molar-refractivity contribution in [2.24, 2.45) is 49.2 Å². The minimum atomic E-state index is 0.342. The largest absolute Gasteiger partial charge is 0.100 e. The number of hydrogen-bond donors (Lipinski definition) is 0. The smallest absolute Gasteiger partial charge is 0.0173 e. The summed E-state index contributed by atoms with van der Waals surface area (Å²) in [5.41, 5.74) is 11.8. The molecule has 0 saturated heterocycles. The number of rotatable bonds is 4. The van der Waals surface area contributed by atoms with E-state index >= 15 is 0 Å². The molecule has 0 bridgehead atoms. The highest BCUT2D eigenvalue weighted by atomic mass is 14.3. The van der Waals surface area contributed by atoms with Gasteiger partial charge >= 0.3 is 0 Å². The van der Waals surface area contributed by atoms with Crippen LogP contribution in [0, 0.1) is 49.2 Å². The molecule has 0 aliphatic heterocycles. The molecule has 0 aromatic rings. The zero-order chi connectivity index (χ0) is 47.3. The minimum absolute atomic E-state index is 0.342. The highest BCUT2D eigenvalue weighted by Crippen LogP contribution is 2.33. The van der Waals surface area contributed by atoms with Crippen LogP contribution >= 0.6 is 0 Å². The fraction of sp³-hybridized carbons (Fsp3) is 0.821. The van der Waals surface area contributed by atoms with Crippen molar-refractivity contribution in [3.05, 3.63) is 58.7 Å². The van der Waals surface area contributed by atoms with Gasteiger partial charge in [0.1, 0.15) is 0 Å². The molecule has 0 aromatic carbocycles. The molecule has 0 aliphatic carbocycles. The monoisotopic (exact) mass is 787 g/mol. The fourth-order valence-electron chi connectivity index (χ4n) is 6.38. The Morgan fingerprint density at radius 2 is 0.768 bits per heavy atom. The van der Waals surface area contributed by atoms with Crippen molar-refractivity contribution in [2.75, 3.05) is 0 Å². The molecule has 0 heterocycles. The van der Waals surface area contributed by atoms with Crippen molar-refractivity contribution in [2.45, 2.75) is 254 Å². The molecule has 0 fully saturated rings. The second-order valence-corrected chi connectivity index (χ2v) is 26.7. The minimum Gasteiger partial charge on any atom is -0.100 e. The van der Waals surface area contributed by atoms with Crippen molar-refractivity contribution >= 4 is 0 Å². The van der Waals surface area contributed by atoms with Crippen LogP contribution in [0.15, 0.2) is 58.7 Å². The first kappa shape index (κ1) is 66.5. The molecule has 338 valence electrons. The first-order valence-electron chi connectivity index (χ1n) is 22.2. The van der Waals surface area contributed by atoms with Crippen LogP contribution in [-0.2, 0) is 0 Å². The predicted molar refractivity (Wildman–Crippen MR) is 270 cm³/mol. The van der Waals surface area contributed by atoms with E-state index in [0.29, 0.717) is 49.2 Å². The summed E-state index contributed by atoms with van der Waals surface area (Å²) in [4.78, 5) is 0. The molecule has 0 atom stereocenters. The van der Waals surface area contributed by atoms with Gasteiger partial charge in [0.15, 0.2) is 0 Å². The summed E-state index contributed by atoms with van der Waals surface area (Å²) in [5.74, 6) is 0.689. The molecule has 0 saturated carbocycles. The Balaban J connectivity index is -0.000000135. The van der Waals surface area contributed by atoms with Gasteiger partial charge in [0.2, 0.25) is 0 Å². The first-order chi connectivity index (χ1) is 23.9. The lowest BCUT2D eigenvalue weighted by atomic mass is 9.78. The Morgan fingerprint density at radius 3 is 0.821 bits per heavy atom. The quantitative estimate of drug-likeness (QED) is 0.249. The number of hydrogen-bond acceptors (Lipinski definition) is 0. The molecule has 0 amide bonds. The van der Waals surface area contributed by atoms with Crippen LogP contribution < -0.4 is 0 Å². The average molecular weight is 788 g/mol. The van der Waals surface area contributed by atoms with Crippen molar-refractivity contribution in [1.82, 2.24) is 0 Å². The molecule has 0 N–H and O–H groups in total. The van der Waals surface area contributed by atoms with Gasteiger partial charge in [-0.1, -0.05) is 232 Å². The molecule has 0 unspecified atom stereocenters. The molecule has 0 radical (unpaired) electrons. The first-order valence-corrected chi connectivity index (χ1v) is 22.2. The van der Waals surface area contributed by atoms with E-state index in [-0.39, 0.29) is 0 Å². The van der Waals surface area contributed by atoms with Crippen LogP contribution in [0.1, 0.15) is 254 Å². The van der Waals surface area contributed by atoms with Gasteiger partial charge in [-0.05, 0) is 123 Å². The van der Waals surface area contributed by atoms with E-state index in [9.17, 15) is 0 Å². The van der Waals surface area contributed by atoms with Gasteiger partial charge in [-0.25, -0.2) is 0 Å². The highest BCUT2D eigenvalue weighted by Gasteiger charge is 2.20. The van der Waals surface area contributed by atoms with Crippen molar-refractivity contribution in [3.8, 4) is 0 Å². The summed E-state index contributed by atoms with van der Waals surface area (Å²) in [7, 11) is 0. The normalized spacial score (nSPS) is 13.4. The lowest BCUT2D eigenvalue weighted by molar-refractivity contribution is 0.233. The van der Waals surface area contributed by atoms with Crippen LogP contribution in [-0.4, -0.2) is 0 Å². The van der Waals surface area contributed by atoms with Crippen LogP contribution in [0.4, 0.5) is 0 Å². The maximum atomic E-state index is 4.13. The summed E-state index contributed by atoms with van der Waals surface area (Å²) in [6, 6.07) is 0. The van der Waals surface area contributed by atoms with Gasteiger partial charge in [0, 0.05) is 0 Å². The molecule has 0 nitrogen and oxygen atoms in total. The number of allylic oxidation sites excluding steroid dienone is 8. The van der Waals surface area contributed by atoms with Crippen LogP contribution in [0.3, 0.4) is 0 Å². The predicted octanol–water partition coefficient (Wildman–Crippen LogP) is 20.9. The molecule has 0 heteroatoms. The molecule has 0 aliphatic rings. The zero-order valence-electron chi connectivity index (χ0n) is 46.0. The molecule has 56 heavy (non-hydrogen) atoms. The Bertz CT molecular complexity index is 1090. The van der Waals surface area contributed by atoms with E-state index in [1.165, 1.54) is 39.9 Å². The van der Waals surface area contributed by atoms with E-state index in [1.807, 2.05) is 0 Å². The molecule has 0 spiro atoms. The third-order valence-corrected chi connectivity index (χ3v) is 8.37. The summed E-state index contributed by atoms with van der Waals surface area (Å²) in [5, 5.41) is 0. The lowest BCUT2D eigenvalue weighted by Gasteiger charge is -2.28. The molecule has 0 rings (SSSR count). The third kappa shape index (κ3) is 64.6. The summed E-state index contributed by atoms with van der Waals surface area (Å²) >= 11 is 0. The van der Waals surface area contributed by atoms with Gasteiger partial charge in [0.05, 0.1) is 0 Å². The Labute approximate surface area is 360 Å². The topological polar surface area (TPSA) is 0 Å². The van der Waals surface area contributed by atoms with E-state index in [4.69, 9.17) is 0 Å². The van der Waals surface area contributed by atoms with Crippen molar-refractivity contribution in [1.29, 1.82) is 0 Å². The maximum Gasteiger partial charge on any atom is -0.0173 e. The Hall–Kier alpha value is -1.30. The van der Waals surface area contributed by atoms with Gasteiger partial charge in [-0.15, -0.1) is 6.58 Å². The summed E-state index contributed by atoms with van der Waals surface area (Å²) in [6.07, 6.45) is 9.15. The van der Waals surface area contributed by atoms with Gasteiger partial charge in [-0.2, -0.15) is 0 Å². The molecule has 0 aromatic heterocycles. The second-order valence-electron chi connectivity index (χ2n) is 26.7. The van der Waals surface area contributed by atoms with E-state index in [1.54, 1.807) is 0 Å². The summed E-state index contributed by atoms with van der Waals surface area (Å²) in [6.45, 7) is 81.7. The van der Waals surface area contributed by atoms with Gasteiger partial charge < -0.3 is 0 Å². The Morgan fingerprint density at radius 1 is 0.464 bits per heavy atom. The zero-order valence-corrected chi connectivity index (χ0v) is 46.0. The van der Waals surface area contributed by atoms with Crippen molar-refractivity contribution in [3.63, 3.8) is 0 Å². The van der Waals surface area contributed by atoms with Gasteiger partial charge in [0.25, 0.3) is 0 Å². The second kappa shape index (κ2) is 27.5. The standard InChI is InChI=1S/C12H24.C11H22.C9H20.3C8H16/c1-10(8-11(2,3)4)9-12(5,6)7;1-8(2)9(3)10(4)11(5,6)7;1-8(2,3)7-9(4,5)6;2*1-7(2)6-8(3,4)5;1-6-7(2)8(3,4)5/h1,8-9H2,2-7H3;8H,1-7H3;7H2,1-6H3;6H,1-5H3;1,6H2,2-5H3;6H,1-5H3/b;10-9-;;;;7-6-. The molecular formula is C56H114. The van der Waals surface area contributed by atoms with Crippen LogP contribution in [0.5, 0.6) is 0 Å². The fourth-order valence-corrected chi connectivity index (χ4v) is 6.38. The van der Waals surface area contributed by atoms with Crippen molar-refractivity contribution < 1.29 is 0 Å². The van der Waals surface area contributed by atoms with Gasteiger partial charge in [-0.3, -0.25) is 0 Å². The van der Waals surface area contributed by atoms with E-state index in [2.05, 4.69) is 254 Å². The van der Waals surface area contributed by atoms with Crippen LogP contribution in [0.2, 0.25) is 0 Å². The summed E-state index contributed by atoms with van der Waals surface area (Å²) < 4.78 is 0. The van der Waals surface area contributed by atoms with E-state index < -0.39 is 0 Å². The highest BCUT2D eigenvalue weighted by molar-refractivity contribution is 5.17. The Kier molecular flexibility index (Phi) is 32.6. The van der Waals surface area contributed by atoms with Crippen LogP contribution in [0.25, 0.3) is 0 Å². The third-order valence-electron chi connectivity index (χ3n) is 8.37. The SMILES string of the molecule is C/C(=C(\C)C(C)(C)C)C(C)C.C/C=C(/C)C(C)(C)C.C=C(C)CC(C)(C)C.C=C(CC(C)(C)C)CC(C)(C)C.CC(C)(C)CC(C)(C)C.CC(C)=CC(C)(C)C. The lowest BCUT2D eigenvalue weighted by Crippen LogP contribution is -2.16. The maximum absolute atomic E-state index is 4.13. The van der Waals surface area contributed by atoms with E-state index in [0.717, 1.165) is 19.3 Å².